The molecule has 2 atom stereocenters. The van der Waals surface area contributed by atoms with Crippen LogP contribution in [-0.4, -0.2) is 42.3 Å². The van der Waals surface area contributed by atoms with Gasteiger partial charge in [0.05, 0.1) is 12.6 Å². The van der Waals surface area contributed by atoms with Gasteiger partial charge in [0.1, 0.15) is 6.04 Å². The first-order chi connectivity index (χ1) is 6.13. The van der Waals surface area contributed by atoms with Crippen LogP contribution in [0.25, 0.3) is 0 Å². The minimum atomic E-state index is -0.756. The van der Waals surface area contributed by atoms with Gasteiger partial charge < -0.3 is 20.9 Å². The maximum absolute atomic E-state index is 11.1. The molecule has 0 aromatic rings. The highest BCUT2D eigenvalue weighted by atomic mass is 16.6. The third-order valence-corrected chi connectivity index (χ3v) is 1.77. The lowest BCUT2D eigenvalue weighted by Gasteiger charge is -2.07. The number of nitrogens with two attached hydrogens (primary N) is 1. The van der Waals surface area contributed by atoms with Crippen LogP contribution in [0.2, 0.25) is 0 Å². The van der Waals surface area contributed by atoms with Crippen LogP contribution in [0, 0.1) is 0 Å². The third kappa shape index (κ3) is 2.76. The van der Waals surface area contributed by atoms with Crippen LogP contribution >= 0.6 is 0 Å². The number of aliphatic hydroxyl groups excluding tert-OH is 1. The fourth-order valence-electron chi connectivity index (χ4n) is 1.12. The molecular weight excluding hydrogens is 176 g/mol. The van der Waals surface area contributed by atoms with Crippen LogP contribution in [0.1, 0.15) is 6.42 Å². The lowest BCUT2D eigenvalue weighted by Crippen LogP contribution is -2.35. The summed E-state index contributed by atoms with van der Waals surface area (Å²) in [6, 6.07) is -0.592. The average molecular weight is 188 g/mol. The number of aliphatic hydroxyl groups is 1. The summed E-state index contributed by atoms with van der Waals surface area (Å²) in [5.41, 5.74) is 4.95. The number of hydrogen-bond donors (Lipinski definition) is 3. The molecule has 1 fully saturated rings. The van der Waals surface area contributed by atoms with E-state index in [4.69, 9.17) is 10.8 Å². The molecule has 0 amide bonds. The van der Waals surface area contributed by atoms with Crippen molar-refractivity contribution in [3.63, 3.8) is 0 Å². The summed E-state index contributed by atoms with van der Waals surface area (Å²) in [7, 11) is 0. The van der Waals surface area contributed by atoms with Gasteiger partial charge in [-0.3, -0.25) is 4.79 Å². The van der Waals surface area contributed by atoms with Gasteiger partial charge in [-0.05, 0) is 0 Å². The van der Waals surface area contributed by atoms with Gasteiger partial charge in [-0.2, -0.15) is 0 Å². The predicted molar refractivity (Wildman–Crippen MR) is 42.6 cm³/mol. The van der Waals surface area contributed by atoms with Crippen LogP contribution in [0.15, 0.2) is 0 Å². The summed E-state index contributed by atoms with van der Waals surface area (Å²) in [5.74, 6) is -1.43. The molecule has 0 saturated carbocycles. The molecule has 0 radical (unpaired) electrons. The Morgan fingerprint density at radius 3 is 2.77 bits per heavy atom. The van der Waals surface area contributed by atoms with Gasteiger partial charge in [0, 0.05) is 13.0 Å². The topological polar surface area (TPSA) is 102 Å². The van der Waals surface area contributed by atoms with Crippen LogP contribution in [0.3, 0.4) is 0 Å². The highest BCUT2D eigenvalue weighted by Crippen LogP contribution is 2.07. The van der Waals surface area contributed by atoms with Gasteiger partial charge in [0.25, 0.3) is 0 Å². The summed E-state index contributed by atoms with van der Waals surface area (Å²) in [6.45, 7) is 0.0254. The number of nitrogens with one attached hydrogen (secondary N) is 1. The Labute approximate surface area is 75.0 Å². The van der Waals surface area contributed by atoms with Crippen molar-refractivity contribution >= 4 is 11.9 Å². The standard InChI is InChI=1S/C7H12N2O4/c8-2-6(11)13-7(12)5-1-4(10)3-9-5/h4-5,9-10H,1-3,8H2/t4-,5+/m1/s1. The summed E-state index contributed by atoms with van der Waals surface area (Å²) < 4.78 is 4.36. The maximum atomic E-state index is 11.1. The van der Waals surface area contributed by atoms with E-state index >= 15 is 0 Å². The third-order valence-electron chi connectivity index (χ3n) is 1.77. The van der Waals surface area contributed by atoms with E-state index in [0.717, 1.165) is 0 Å². The quantitative estimate of drug-likeness (QED) is 0.334. The van der Waals surface area contributed by atoms with Crippen molar-refractivity contribution in [1.29, 1.82) is 0 Å². The van der Waals surface area contributed by atoms with E-state index in [1.165, 1.54) is 0 Å². The molecule has 0 aliphatic carbocycles. The fourth-order valence-corrected chi connectivity index (χ4v) is 1.12. The summed E-state index contributed by atoms with van der Waals surface area (Å²) in [4.78, 5) is 21.7. The highest BCUT2D eigenvalue weighted by Gasteiger charge is 2.30. The van der Waals surface area contributed by atoms with Gasteiger partial charge in [0.15, 0.2) is 0 Å². The maximum Gasteiger partial charge on any atom is 0.330 e. The first kappa shape index (κ1) is 10.1. The van der Waals surface area contributed by atoms with Crippen molar-refractivity contribution < 1.29 is 19.4 Å². The van der Waals surface area contributed by atoms with Gasteiger partial charge in [-0.25, -0.2) is 4.79 Å². The van der Waals surface area contributed by atoms with E-state index in [2.05, 4.69) is 10.1 Å². The second-order valence-electron chi connectivity index (χ2n) is 2.85. The van der Waals surface area contributed by atoms with E-state index in [1.54, 1.807) is 0 Å². The predicted octanol–water partition coefficient (Wildman–Crippen LogP) is -2.26. The lowest BCUT2D eigenvalue weighted by molar-refractivity contribution is -0.160. The summed E-state index contributed by atoms with van der Waals surface area (Å²) in [5, 5.41) is 11.8. The second-order valence-corrected chi connectivity index (χ2v) is 2.85. The molecule has 13 heavy (non-hydrogen) atoms. The zero-order chi connectivity index (χ0) is 9.84. The molecule has 1 aliphatic heterocycles. The largest absolute Gasteiger partial charge is 0.392 e. The number of rotatable bonds is 2. The van der Waals surface area contributed by atoms with Crippen LogP contribution in [-0.2, 0) is 14.3 Å². The Morgan fingerprint density at radius 1 is 1.62 bits per heavy atom. The number of hydrogen-bond acceptors (Lipinski definition) is 6. The van der Waals surface area contributed by atoms with E-state index in [1.807, 2.05) is 0 Å². The number of carbonyl (C=O) groups is 2. The monoisotopic (exact) mass is 188 g/mol. The van der Waals surface area contributed by atoms with Crippen LogP contribution in [0.5, 0.6) is 0 Å². The SMILES string of the molecule is NCC(=O)OC(=O)[C@@H]1C[C@@H](O)CN1. The van der Waals surface area contributed by atoms with Gasteiger partial charge >= 0.3 is 11.9 Å². The minimum Gasteiger partial charge on any atom is -0.392 e. The minimum absolute atomic E-state index is 0.274. The summed E-state index contributed by atoms with van der Waals surface area (Å²) >= 11 is 0. The molecule has 6 nitrogen and oxygen atoms in total. The Hall–Kier alpha value is -0.980. The Morgan fingerprint density at radius 2 is 2.31 bits per heavy atom. The average Bonchev–Trinajstić information content (AvgIpc) is 2.51. The van der Waals surface area contributed by atoms with E-state index in [9.17, 15) is 9.59 Å². The molecular formula is C7H12N2O4. The zero-order valence-electron chi connectivity index (χ0n) is 7.03. The van der Waals surface area contributed by atoms with Crippen molar-refractivity contribution in [3.05, 3.63) is 0 Å². The van der Waals surface area contributed by atoms with Crippen LogP contribution in [0.4, 0.5) is 0 Å². The number of esters is 2. The molecule has 0 aromatic carbocycles. The molecule has 4 N–H and O–H groups in total. The van der Waals surface area contributed by atoms with Crippen molar-refractivity contribution in [2.24, 2.45) is 5.73 Å². The lowest BCUT2D eigenvalue weighted by atomic mass is 10.2. The molecule has 1 saturated heterocycles. The number of ether oxygens (including phenoxy) is 1. The molecule has 6 heteroatoms. The zero-order valence-corrected chi connectivity index (χ0v) is 7.03. The first-order valence-corrected chi connectivity index (χ1v) is 3.99. The molecule has 0 aromatic heterocycles. The number of carbonyl (C=O) groups excluding carboxylic acids is 2. The van der Waals surface area contributed by atoms with Gasteiger partial charge in [-0.15, -0.1) is 0 Å². The summed E-state index contributed by atoms with van der Waals surface area (Å²) in [6.07, 6.45) is -0.276. The Balaban J connectivity index is 2.36. The molecule has 1 rings (SSSR count). The van der Waals surface area contributed by atoms with Crippen LogP contribution < -0.4 is 11.1 Å². The number of β-amino-alcohol motifs (C(OH)–C–C–N with tert-alkyl or cyclic N) is 1. The van der Waals surface area contributed by atoms with Crippen molar-refractivity contribution in [3.8, 4) is 0 Å². The van der Waals surface area contributed by atoms with Crippen molar-refractivity contribution in [2.75, 3.05) is 13.1 Å². The molecule has 1 aliphatic rings. The van der Waals surface area contributed by atoms with Gasteiger partial charge in [0.2, 0.25) is 0 Å². The van der Waals surface area contributed by atoms with E-state index in [-0.39, 0.29) is 13.0 Å². The van der Waals surface area contributed by atoms with Crippen molar-refractivity contribution in [1.82, 2.24) is 5.32 Å². The fraction of sp³-hybridized carbons (Fsp3) is 0.714. The molecule has 74 valence electrons. The van der Waals surface area contributed by atoms with E-state index < -0.39 is 24.1 Å². The molecule has 0 bridgehead atoms. The molecule has 0 spiro atoms. The Bertz CT molecular complexity index is 219. The van der Waals surface area contributed by atoms with Crippen molar-refractivity contribution in [2.45, 2.75) is 18.6 Å². The highest BCUT2D eigenvalue weighted by molar-refractivity contribution is 5.89. The molecule has 0 unspecified atom stereocenters. The molecule has 1 heterocycles. The Kier molecular flexibility index (Phi) is 3.35. The van der Waals surface area contributed by atoms with E-state index in [0.29, 0.717) is 6.54 Å². The van der Waals surface area contributed by atoms with Gasteiger partial charge in [-0.1, -0.05) is 0 Å². The normalized spacial score (nSPS) is 27.2. The smallest absolute Gasteiger partial charge is 0.330 e. The second kappa shape index (κ2) is 4.31. The first-order valence-electron chi connectivity index (χ1n) is 3.99.